The fourth-order valence-electron chi connectivity index (χ4n) is 2.84. The molecule has 0 radical (unpaired) electrons. The van der Waals surface area contributed by atoms with Crippen LogP contribution in [-0.4, -0.2) is 29.2 Å². The van der Waals surface area contributed by atoms with Gasteiger partial charge < -0.3 is 19.4 Å². The fourth-order valence-corrected chi connectivity index (χ4v) is 2.84. The highest BCUT2D eigenvalue weighted by atomic mass is 16.5. The molecule has 1 aromatic heterocycles. The van der Waals surface area contributed by atoms with Crippen LogP contribution < -0.4 is 14.8 Å². The number of methoxy groups -OCH3 is 1. The van der Waals surface area contributed by atoms with Crippen LogP contribution in [0.15, 0.2) is 67.3 Å². The van der Waals surface area contributed by atoms with Crippen molar-refractivity contribution >= 4 is 5.91 Å². The number of nitrogens with zero attached hydrogens (tertiary/aromatic N) is 2. The van der Waals surface area contributed by atoms with E-state index in [2.05, 4.69) is 10.3 Å². The van der Waals surface area contributed by atoms with Gasteiger partial charge in [0.1, 0.15) is 11.5 Å². The van der Waals surface area contributed by atoms with Crippen molar-refractivity contribution in [3.05, 3.63) is 72.8 Å². The van der Waals surface area contributed by atoms with E-state index in [1.54, 1.807) is 19.6 Å². The zero-order valence-electron chi connectivity index (χ0n) is 16.2. The van der Waals surface area contributed by atoms with Gasteiger partial charge in [0.2, 0.25) is 5.91 Å². The lowest BCUT2D eigenvalue weighted by Crippen LogP contribution is -2.26. The second-order valence-corrected chi connectivity index (χ2v) is 6.48. The van der Waals surface area contributed by atoms with E-state index in [4.69, 9.17) is 9.47 Å². The van der Waals surface area contributed by atoms with Gasteiger partial charge >= 0.3 is 0 Å². The maximum absolute atomic E-state index is 12.2. The fraction of sp³-hybridized carbons (Fsp3) is 0.273. The third-order valence-electron chi connectivity index (χ3n) is 4.45. The molecule has 1 heterocycles. The van der Waals surface area contributed by atoms with Crippen molar-refractivity contribution in [1.82, 2.24) is 14.9 Å². The Morgan fingerprint density at radius 2 is 1.82 bits per heavy atom. The van der Waals surface area contributed by atoms with Gasteiger partial charge in [-0.15, -0.1) is 0 Å². The summed E-state index contributed by atoms with van der Waals surface area (Å²) in [5.74, 6) is 1.58. The lowest BCUT2D eigenvalue weighted by atomic mass is 10.1. The van der Waals surface area contributed by atoms with E-state index < -0.39 is 0 Å². The monoisotopic (exact) mass is 379 g/mol. The first-order valence-corrected chi connectivity index (χ1v) is 9.30. The second-order valence-electron chi connectivity index (χ2n) is 6.48. The predicted octanol–water partition coefficient (Wildman–Crippen LogP) is 3.92. The number of ether oxygens (including phenoxy) is 2. The largest absolute Gasteiger partial charge is 0.497 e. The summed E-state index contributed by atoms with van der Waals surface area (Å²) < 4.78 is 12.7. The molecule has 0 spiro atoms. The molecule has 0 bridgehead atoms. The number of nitrogens with one attached hydrogen (secondary N) is 1. The number of rotatable bonds is 9. The molecule has 6 heteroatoms. The van der Waals surface area contributed by atoms with Crippen LogP contribution >= 0.6 is 0 Å². The highest BCUT2D eigenvalue weighted by Gasteiger charge is 2.10. The van der Waals surface area contributed by atoms with Crippen LogP contribution in [0.3, 0.4) is 0 Å². The zero-order chi connectivity index (χ0) is 19.8. The predicted molar refractivity (Wildman–Crippen MR) is 108 cm³/mol. The first-order chi connectivity index (χ1) is 13.7. The molecule has 0 fully saturated rings. The van der Waals surface area contributed by atoms with E-state index >= 15 is 0 Å². The Hall–Kier alpha value is -3.28. The van der Waals surface area contributed by atoms with Crippen LogP contribution in [-0.2, 0) is 4.79 Å². The summed E-state index contributed by atoms with van der Waals surface area (Å²) in [6.45, 7) is 2.48. The molecule has 0 unspecified atom stereocenters. The van der Waals surface area contributed by atoms with E-state index in [9.17, 15) is 4.79 Å². The summed E-state index contributed by atoms with van der Waals surface area (Å²) >= 11 is 0. The number of amides is 1. The van der Waals surface area contributed by atoms with Crippen molar-refractivity contribution in [1.29, 1.82) is 0 Å². The van der Waals surface area contributed by atoms with E-state index in [0.717, 1.165) is 22.7 Å². The van der Waals surface area contributed by atoms with Crippen molar-refractivity contribution in [2.45, 2.75) is 25.8 Å². The average molecular weight is 379 g/mol. The molecule has 0 saturated heterocycles. The van der Waals surface area contributed by atoms with Gasteiger partial charge in [-0.25, -0.2) is 4.98 Å². The minimum absolute atomic E-state index is 0.0181. The van der Waals surface area contributed by atoms with Crippen molar-refractivity contribution in [2.75, 3.05) is 13.7 Å². The standard InChI is InChI=1S/C22H25N3O3/c1-17(18-5-7-19(8-6-18)25-14-13-23-16-25)24-22(26)4-3-15-28-21-11-9-20(27-2)10-12-21/h5-14,16-17H,3-4,15H2,1-2H3,(H,24,26)/t17-/m1/s1. The number of benzene rings is 2. The van der Waals surface area contributed by atoms with Gasteiger partial charge in [0.15, 0.2) is 0 Å². The lowest BCUT2D eigenvalue weighted by Gasteiger charge is -2.15. The molecule has 2 aromatic carbocycles. The molecule has 146 valence electrons. The van der Waals surface area contributed by atoms with Crippen LogP contribution in [0.5, 0.6) is 11.5 Å². The van der Waals surface area contributed by atoms with E-state index in [1.165, 1.54) is 0 Å². The van der Waals surface area contributed by atoms with Gasteiger partial charge in [-0.2, -0.15) is 0 Å². The maximum Gasteiger partial charge on any atom is 0.220 e. The molecule has 0 aliphatic rings. The SMILES string of the molecule is COc1ccc(OCCCC(=O)N[C@H](C)c2ccc(-n3ccnc3)cc2)cc1. The Morgan fingerprint density at radius 3 is 2.46 bits per heavy atom. The molecule has 3 rings (SSSR count). The van der Waals surface area contributed by atoms with Crippen molar-refractivity contribution < 1.29 is 14.3 Å². The molecule has 3 aromatic rings. The normalized spacial score (nSPS) is 11.6. The Labute approximate surface area is 165 Å². The third-order valence-corrected chi connectivity index (χ3v) is 4.45. The highest BCUT2D eigenvalue weighted by Crippen LogP contribution is 2.18. The summed E-state index contributed by atoms with van der Waals surface area (Å²) in [6.07, 6.45) is 6.48. The van der Waals surface area contributed by atoms with Gasteiger partial charge in [0, 0.05) is 24.5 Å². The maximum atomic E-state index is 12.2. The van der Waals surface area contributed by atoms with Crippen LogP contribution in [0.1, 0.15) is 31.4 Å². The van der Waals surface area contributed by atoms with Crippen LogP contribution in [0.4, 0.5) is 0 Å². The van der Waals surface area contributed by atoms with Gasteiger partial charge in [-0.1, -0.05) is 12.1 Å². The molecule has 1 atom stereocenters. The molecule has 6 nitrogen and oxygen atoms in total. The Morgan fingerprint density at radius 1 is 1.11 bits per heavy atom. The average Bonchev–Trinajstić information content (AvgIpc) is 3.26. The van der Waals surface area contributed by atoms with E-state index in [-0.39, 0.29) is 11.9 Å². The van der Waals surface area contributed by atoms with E-state index in [1.807, 2.05) is 66.2 Å². The van der Waals surface area contributed by atoms with Crippen LogP contribution in [0.2, 0.25) is 0 Å². The third kappa shape index (κ3) is 5.36. The molecule has 28 heavy (non-hydrogen) atoms. The Kier molecular flexibility index (Phi) is 6.68. The number of carbonyl (C=O) groups is 1. The van der Waals surface area contributed by atoms with Crippen LogP contribution in [0, 0.1) is 0 Å². The molecule has 1 N–H and O–H groups in total. The van der Waals surface area contributed by atoms with Gasteiger partial charge in [-0.3, -0.25) is 4.79 Å². The minimum Gasteiger partial charge on any atom is -0.497 e. The number of hydrogen-bond donors (Lipinski definition) is 1. The number of hydrogen-bond acceptors (Lipinski definition) is 4. The van der Waals surface area contributed by atoms with Gasteiger partial charge in [0.25, 0.3) is 0 Å². The Balaban J connectivity index is 1.40. The summed E-state index contributed by atoms with van der Waals surface area (Å²) in [5.41, 5.74) is 2.10. The molecule has 0 aliphatic heterocycles. The quantitative estimate of drug-likeness (QED) is 0.573. The molecule has 0 saturated carbocycles. The molecule has 0 aliphatic carbocycles. The topological polar surface area (TPSA) is 65.4 Å². The highest BCUT2D eigenvalue weighted by molar-refractivity contribution is 5.76. The van der Waals surface area contributed by atoms with Crippen molar-refractivity contribution in [3.8, 4) is 17.2 Å². The Bertz CT molecular complexity index is 859. The lowest BCUT2D eigenvalue weighted by molar-refractivity contribution is -0.121. The zero-order valence-corrected chi connectivity index (χ0v) is 16.2. The summed E-state index contributed by atoms with van der Waals surface area (Å²) in [5, 5.41) is 3.03. The summed E-state index contributed by atoms with van der Waals surface area (Å²) in [4.78, 5) is 16.2. The number of carbonyl (C=O) groups excluding carboxylic acids is 1. The van der Waals surface area contributed by atoms with Crippen LogP contribution in [0.25, 0.3) is 5.69 Å². The van der Waals surface area contributed by atoms with Gasteiger partial charge in [0.05, 0.1) is 26.1 Å². The van der Waals surface area contributed by atoms with Crippen molar-refractivity contribution in [2.24, 2.45) is 0 Å². The molecular weight excluding hydrogens is 354 g/mol. The van der Waals surface area contributed by atoms with Gasteiger partial charge in [-0.05, 0) is 55.3 Å². The summed E-state index contributed by atoms with van der Waals surface area (Å²) in [7, 11) is 1.63. The molecular formula is C22H25N3O3. The second kappa shape index (κ2) is 9.60. The minimum atomic E-state index is -0.0492. The number of aromatic nitrogens is 2. The molecule has 1 amide bonds. The first kappa shape index (κ1) is 19.5. The van der Waals surface area contributed by atoms with E-state index in [0.29, 0.717) is 19.4 Å². The van der Waals surface area contributed by atoms with Crippen molar-refractivity contribution in [3.63, 3.8) is 0 Å². The summed E-state index contributed by atoms with van der Waals surface area (Å²) in [6, 6.07) is 15.4. The smallest absolute Gasteiger partial charge is 0.220 e. The first-order valence-electron chi connectivity index (χ1n) is 9.30. The number of imidazole rings is 1.